The Morgan fingerprint density at radius 2 is 2.00 bits per heavy atom. The zero-order chi connectivity index (χ0) is 14.1. The third kappa shape index (κ3) is 2.03. The quantitative estimate of drug-likeness (QED) is 0.570. The Morgan fingerprint density at radius 1 is 1.20 bits per heavy atom. The highest BCUT2D eigenvalue weighted by atomic mass is 16.5. The molecule has 100 valence electrons. The van der Waals surface area contributed by atoms with Crippen molar-refractivity contribution in [3.63, 3.8) is 0 Å². The Hall–Kier alpha value is -2.69. The van der Waals surface area contributed by atoms with Crippen molar-refractivity contribution >= 4 is 33.7 Å². The van der Waals surface area contributed by atoms with E-state index in [9.17, 15) is 4.79 Å². The van der Waals surface area contributed by atoms with Crippen LogP contribution in [0.25, 0.3) is 21.9 Å². The van der Waals surface area contributed by atoms with E-state index in [-0.39, 0.29) is 11.4 Å². The number of hydrogen-bond donors (Lipinski definition) is 1. The molecule has 1 aromatic carbocycles. The van der Waals surface area contributed by atoms with Gasteiger partial charge in [0, 0.05) is 10.8 Å². The summed E-state index contributed by atoms with van der Waals surface area (Å²) in [4.78, 5) is 20.4. The van der Waals surface area contributed by atoms with Crippen LogP contribution in [-0.4, -0.2) is 22.5 Å². The Bertz CT molecular complexity index is 815. The molecule has 3 aromatic rings. The summed E-state index contributed by atoms with van der Waals surface area (Å²) in [6, 6.07) is 11.3. The van der Waals surface area contributed by atoms with Gasteiger partial charge in [0.15, 0.2) is 5.65 Å². The van der Waals surface area contributed by atoms with Crippen LogP contribution in [0.4, 0.5) is 5.82 Å². The van der Waals surface area contributed by atoms with Crippen LogP contribution in [-0.2, 0) is 4.74 Å². The van der Waals surface area contributed by atoms with Gasteiger partial charge in [-0.25, -0.2) is 14.8 Å². The number of esters is 1. The van der Waals surface area contributed by atoms with Crippen molar-refractivity contribution in [3.05, 3.63) is 42.0 Å². The number of benzene rings is 1. The number of anilines is 1. The highest BCUT2D eigenvalue weighted by Gasteiger charge is 2.14. The van der Waals surface area contributed by atoms with Crippen molar-refractivity contribution in [2.45, 2.75) is 6.92 Å². The number of aromatic nitrogens is 2. The Morgan fingerprint density at radius 3 is 2.80 bits per heavy atom. The van der Waals surface area contributed by atoms with E-state index in [0.29, 0.717) is 12.3 Å². The van der Waals surface area contributed by atoms with Crippen LogP contribution in [0, 0.1) is 0 Å². The largest absolute Gasteiger partial charge is 0.462 e. The van der Waals surface area contributed by atoms with Crippen molar-refractivity contribution in [1.29, 1.82) is 0 Å². The van der Waals surface area contributed by atoms with Gasteiger partial charge < -0.3 is 10.5 Å². The summed E-state index contributed by atoms with van der Waals surface area (Å²) in [5.41, 5.74) is 7.45. The highest BCUT2D eigenvalue weighted by Crippen LogP contribution is 2.22. The molecule has 0 spiro atoms. The second kappa shape index (κ2) is 4.77. The van der Waals surface area contributed by atoms with E-state index in [4.69, 9.17) is 10.5 Å². The number of para-hydroxylation sites is 1. The number of pyridine rings is 2. The molecule has 0 saturated heterocycles. The monoisotopic (exact) mass is 267 g/mol. The predicted octanol–water partition coefficient (Wildman–Crippen LogP) is 2.54. The molecule has 0 bridgehead atoms. The molecule has 0 atom stereocenters. The minimum Gasteiger partial charge on any atom is -0.462 e. The summed E-state index contributed by atoms with van der Waals surface area (Å²) < 4.78 is 4.97. The molecule has 0 fully saturated rings. The molecule has 0 radical (unpaired) electrons. The normalized spacial score (nSPS) is 10.8. The molecule has 0 amide bonds. The Kier molecular flexibility index (Phi) is 2.95. The first-order valence-electron chi connectivity index (χ1n) is 6.32. The smallest absolute Gasteiger partial charge is 0.341 e. The summed E-state index contributed by atoms with van der Waals surface area (Å²) in [7, 11) is 0. The van der Waals surface area contributed by atoms with E-state index in [1.807, 2.05) is 30.3 Å². The van der Waals surface area contributed by atoms with Gasteiger partial charge in [-0.2, -0.15) is 0 Å². The van der Waals surface area contributed by atoms with Crippen LogP contribution in [0.5, 0.6) is 0 Å². The number of rotatable bonds is 2. The number of hydrogen-bond acceptors (Lipinski definition) is 5. The maximum atomic E-state index is 11.8. The topological polar surface area (TPSA) is 78.1 Å². The van der Waals surface area contributed by atoms with E-state index in [1.54, 1.807) is 13.0 Å². The summed E-state index contributed by atoms with van der Waals surface area (Å²) >= 11 is 0. The lowest BCUT2D eigenvalue weighted by Crippen LogP contribution is -2.09. The van der Waals surface area contributed by atoms with Gasteiger partial charge in [0.25, 0.3) is 0 Å². The van der Waals surface area contributed by atoms with Crippen molar-refractivity contribution in [2.24, 2.45) is 0 Å². The highest BCUT2D eigenvalue weighted by molar-refractivity contribution is 6.00. The SMILES string of the molecule is CCOC(=O)c1cc2cc3ccccc3nc2nc1N. The third-order valence-electron chi connectivity index (χ3n) is 3.03. The first-order chi connectivity index (χ1) is 9.69. The number of ether oxygens (including phenoxy) is 1. The van der Waals surface area contributed by atoms with E-state index in [2.05, 4.69) is 9.97 Å². The van der Waals surface area contributed by atoms with Gasteiger partial charge in [-0.1, -0.05) is 18.2 Å². The summed E-state index contributed by atoms with van der Waals surface area (Å²) in [6.45, 7) is 2.05. The molecule has 0 aliphatic heterocycles. The molecule has 0 aliphatic rings. The minimum atomic E-state index is -0.465. The van der Waals surface area contributed by atoms with Crippen molar-refractivity contribution in [2.75, 3.05) is 12.3 Å². The van der Waals surface area contributed by atoms with E-state index < -0.39 is 5.97 Å². The van der Waals surface area contributed by atoms with Crippen molar-refractivity contribution in [3.8, 4) is 0 Å². The summed E-state index contributed by atoms with van der Waals surface area (Å²) in [5, 5.41) is 1.75. The van der Waals surface area contributed by atoms with Gasteiger partial charge in [0.2, 0.25) is 0 Å². The van der Waals surface area contributed by atoms with Gasteiger partial charge >= 0.3 is 5.97 Å². The minimum absolute atomic E-state index is 0.138. The number of nitrogens with zero attached hydrogens (tertiary/aromatic N) is 2. The Balaban J connectivity index is 2.23. The molecule has 5 nitrogen and oxygen atoms in total. The fourth-order valence-electron chi connectivity index (χ4n) is 2.09. The fourth-order valence-corrected chi connectivity index (χ4v) is 2.09. The molecule has 20 heavy (non-hydrogen) atoms. The van der Waals surface area contributed by atoms with Crippen LogP contribution in [0.3, 0.4) is 0 Å². The first-order valence-corrected chi connectivity index (χ1v) is 6.32. The lowest BCUT2D eigenvalue weighted by Gasteiger charge is -2.07. The molecule has 0 saturated carbocycles. The molecule has 0 aliphatic carbocycles. The maximum Gasteiger partial charge on any atom is 0.341 e. The number of carbonyl (C=O) groups excluding carboxylic acids is 1. The lowest BCUT2D eigenvalue weighted by atomic mass is 10.1. The zero-order valence-corrected chi connectivity index (χ0v) is 11.0. The average molecular weight is 267 g/mol. The number of carbonyl (C=O) groups is 1. The molecular formula is C15H13N3O2. The molecule has 2 aromatic heterocycles. The number of nitrogen functional groups attached to an aromatic ring is 1. The van der Waals surface area contributed by atoms with Crippen LogP contribution in [0.2, 0.25) is 0 Å². The first kappa shape index (κ1) is 12.3. The van der Waals surface area contributed by atoms with Gasteiger partial charge in [-0.05, 0) is 25.1 Å². The molecule has 2 N–H and O–H groups in total. The lowest BCUT2D eigenvalue weighted by molar-refractivity contribution is 0.0527. The summed E-state index contributed by atoms with van der Waals surface area (Å²) in [5.74, 6) is -0.328. The van der Waals surface area contributed by atoms with Gasteiger partial charge in [0.1, 0.15) is 11.4 Å². The van der Waals surface area contributed by atoms with E-state index in [0.717, 1.165) is 16.3 Å². The van der Waals surface area contributed by atoms with E-state index >= 15 is 0 Å². The maximum absolute atomic E-state index is 11.8. The Labute approximate surface area is 115 Å². The second-order valence-electron chi connectivity index (χ2n) is 4.37. The molecule has 3 rings (SSSR count). The van der Waals surface area contributed by atoms with E-state index in [1.165, 1.54) is 0 Å². The zero-order valence-electron chi connectivity index (χ0n) is 11.0. The van der Waals surface area contributed by atoms with Gasteiger partial charge in [-0.15, -0.1) is 0 Å². The second-order valence-corrected chi connectivity index (χ2v) is 4.37. The van der Waals surface area contributed by atoms with Crippen LogP contribution < -0.4 is 5.73 Å². The number of nitrogens with two attached hydrogens (primary N) is 1. The third-order valence-corrected chi connectivity index (χ3v) is 3.03. The van der Waals surface area contributed by atoms with Crippen LogP contribution in [0.15, 0.2) is 36.4 Å². The standard InChI is InChI=1S/C15H13N3O2/c1-2-20-15(19)11-8-10-7-9-5-3-4-6-12(9)17-14(10)18-13(11)16/h3-8H,2H2,1H3,(H2,16,17,18). The molecule has 2 heterocycles. The van der Waals surface area contributed by atoms with Crippen molar-refractivity contribution < 1.29 is 9.53 Å². The average Bonchev–Trinajstić information content (AvgIpc) is 2.44. The van der Waals surface area contributed by atoms with Crippen LogP contribution in [0.1, 0.15) is 17.3 Å². The summed E-state index contributed by atoms with van der Waals surface area (Å²) in [6.07, 6.45) is 0. The fraction of sp³-hybridized carbons (Fsp3) is 0.133. The molecule has 5 heteroatoms. The van der Waals surface area contributed by atoms with Gasteiger partial charge in [0.05, 0.1) is 12.1 Å². The van der Waals surface area contributed by atoms with Crippen molar-refractivity contribution in [1.82, 2.24) is 9.97 Å². The molecule has 0 unspecified atom stereocenters. The number of fused-ring (bicyclic) bond motifs is 2. The van der Waals surface area contributed by atoms with Crippen LogP contribution >= 0.6 is 0 Å². The molecular weight excluding hydrogens is 254 g/mol. The van der Waals surface area contributed by atoms with Gasteiger partial charge in [-0.3, -0.25) is 0 Å². The predicted molar refractivity (Wildman–Crippen MR) is 77.4 cm³/mol.